The number of aromatic nitrogens is 2. The molecule has 94 valence electrons. The summed E-state index contributed by atoms with van der Waals surface area (Å²) >= 11 is 5.60. The zero-order valence-electron chi connectivity index (χ0n) is 9.98. The average molecular weight is 267 g/mol. The van der Waals surface area contributed by atoms with Crippen LogP contribution >= 0.6 is 11.6 Å². The molecule has 2 aromatic rings. The summed E-state index contributed by atoms with van der Waals surface area (Å²) in [5, 5.41) is 9.97. The van der Waals surface area contributed by atoms with Crippen molar-refractivity contribution in [2.45, 2.75) is 19.4 Å². The largest absolute Gasteiger partial charge is 0.384 e. The molecule has 18 heavy (non-hydrogen) atoms. The van der Waals surface area contributed by atoms with Gasteiger partial charge in [0, 0.05) is 12.3 Å². The molecule has 0 aliphatic carbocycles. The predicted molar refractivity (Wildman–Crippen MR) is 67.7 cm³/mol. The van der Waals surface area contributed by atoms with E-state index >= 15 is 0 Å². The van der Waals surface area contributed by atoms with Crippen LogP contribution in [0.3, 0.4) is 0 Å². The molecular weight excluding hydrogens is 255 g/mol. The number of rotatable bonds is 2. The third kappa shape index (κ3) is 2.66. The van der Waals surface area contributed by atoms with Crippen LogP contribution in [0.15, 0.2) is 30.5 Å². The van der Waals surface area contributed by atoms with Crippen molar-refractivity contribution in [2.24, 2.45) is 0 Å². The van der Waals surface area contributed by atoms with Gasteiger partial charge in [-0.3, -0.25) is 0 Å². The molecule has 1 N–H and O–H groups in total. The van der Waals surface area contributed by atoms with Crippen LogP contribution in [-0.2, 0) is 5.60 Å². The maximum absolute atomic E-state index is 13.7. The highest BCUT2D eigenvalue weighted by Gasteiger charge is 2.18. The lowest BCUT2D eigenvalue weighted by atomic mass is 10.0. The van der Waals surface area contributed by atoms with Crippen molar-refractivity contribution in [3.63, 3.8) is 0 Å². The van der Waals surface area contributed by atoms with Crippen molar-refractivity contribution in [1.29, 1.82) is 0 Å². The van der Waals surface area contributed by atoms with Crippen molar-refractivity contribution in [1.82, 2.24) is 9.97 Å². The Morgan fingerprint density at radius 2 is 2.06 bits per heavy atom. The van der Waals surface area contributed by atoms with E-state index in [1.807, 2.05) is 0 Å². The van der Waals surface area contributed by atoms with Gasteiger partial charge in [0.25, 0.3) is 0 Å². The van der Waals surface area contributed by atoms with E-state index in [1.54, 1.807) is 32.0 Å². The fourth-order valence-corrected chi connectivity index (χ4v) is 1.67. The first kappa shape index (κ1) is 12.9. The van der Waals surface area contributed by atoms with Gasteiger partial charge in [0.1, 0.15) is 16.6 Å². The molecule has 3 nitrogen and oxygen atoms in total. The number of halogens is 2. The van der Waals surface area contributed by atoms with Crippen molar-refractivity contribution in [2.75, 3.05) is 0 Å². The van der Waals surface area contributed by atoms with Gasteiger partial charge >= 0.3 is 0 Å². The zero-order valence-corrected chi connectivity index (χ0v) is 10.7. The normalized spacial score (nSPS) is 11.6. The SMILES string of the molecule is CC(C)(O)c1cccc(-c2cnc(Cl)cc2F)n1. The van der Waals surface area contributed by atoms with E-state index in [4.69, 9.17) is 11.6 Å². The molecular formula is C13H12ClFN2O. The van der Waals surface area contributed by atoms with Gasteiger partial charge < -0.3 is 5.11 Å². The third-order valence-electron chi connectivity index (χ3n) is 2.47. The molecule has 2 heterocycles. The zero-order chi connectivity index (χ0) is 13.3. The maximum Gasteiger partial charge on any atom is 0.137 e. The topological polar surface area (TPSA) is 46.0 Å². The van der Waals surface area contributed by atoms with Gasteiger partial charge in [0.05, 0.1) is 17.0 Å². The molecule has 0 saturated heterocycles. The van der Waals surface area contributed by atoms with Crippen LogP contribution in [0.5, 0.6) is 0 Å². The lowest BCUT2D eigenvalue weighted by Gasteiger charge is -2.17. The molecule has 0 saturated carbocycles. The van der Waals surface area contributed by atoms with Crippen LogP contribution in [-0.4, -0.2) is 15.1 Å². The van der Waals surface area contributed by atoms with Crippen molar-refractivity contribution < 1.29 is 9.50 Å². The second kappa shape index (κ2) is 4.63. The minimum atomic E-state index is -1.08. The molecule has 0 fully saturated rings. The van der Waals surface area contributed by atoms with Crippen LogP contribution in [0.2, 0.25) is 5.15 Å². The Hall–Kier alpha value is -1.52. The van der Waals surface area contributed by atoms with E-state index < -0.39 is 11.4 Å². The van der Waals surface area contributed by atoms with E-state index in [0.29, 0.717) is 11.4 Å². The Labute approximate surface area is 109 Å². The molecule has 0 radical (unpaired) electrons. The van der Waals surface area contributed by atoms with Gasteiger partial charge in [-0.25, -0.2) is 14.4 Å². The van der Waals surface area contributed by atoms with Crippen LogP contribution in [0.1, 0.15) is 19.5 Å². The molecule has 0 aliphatic heterocycles. The third-order valence-corrected chi connectivity index (χ3v) is 2.68. The van der Waals surface area contributed by atoms with Gasteiger partial charge in [0.2, 0.25) is 0 Å². The van der Waals surface area contributed by atoms with Crippen molar-refractivity contribution in [3.05, 3.63) is 47.1 Å². The Morgan fingerprint density at radius 1 is 1.33 bits per heavy atom. The van der Waals surface area contributed by atoms with E-state index in [9.17, 15) is 9.50 Å². The Morgan fingerprint density at radius 3 is 2.67 bits per heavy atom. The molecule has 5 heteroatoms. The number of hydrogen-bond acceptors (Lipinski definition) is 3. The number of nitrogens with zero attached hydrogens (tertiary/aromatic N) is 2. The van der Waals surface area contributed by atoms with Gasteiger partial charge in [0.15, 0.2) is 0 Å². The van der Waals surface area contributed by atoms with Gasteiger partial charge in [-0.2, -0.15) is 0 Å². The molecule has 0 amide bonds. The summed E-state index contributed by atoms with van der Waals surface area (Å²) in [4.78, 5) is 8.06. The fourth-order valence-electron chi connectivity index (χ4n) is 1.52. The Balaban J connectivity index is 2.51. The first-order chi connectivity index (χ1) is 8.38. The fraction of sp³-hybridized carbons (Fsp3) is 0.231. The number of pyridine rings is 2. The van der Waals surface area contributed by atoms with Gasteiger partial charge in [-0.05, 0) is 26.0 Å². The summed E-state index contributed by atoms with van der Waals surface area (Å²) in [6.07, 6.45) is 1.33. The molecule has 0 bridgehead atoms. The molecule has 0 atom stereocenters. The predicted octanol–water partition coefficient (Wildman–Crippen LogP) is 3.16. The summed E-state index contributed by atoms with van der Waals surface area (Å²) in [5.41, 5.74) is 0.0583. The Kier molecular flexibility index (Phi) is 3.32. The van der Waals surface area contributed by atoms with Crippen LogP contribution < -0.4 is 0 Å². The summed E-state index contributed by atoms with van der Waals surface area (Å²) in [6.45, 7) is 3.24. The first-order valence-corrected chi connectivity index (χ1v) is 5.77. The van der Waals surface area contributed by atoms with E-state index in [0.717, 1.165) is 6.07 Å². The summed E-state index contributed by atoms with van der Waals surface area (Å²) in [5.74, 6) is -0.490. The Bertz CT molecular complexity index is 581. The second-order valence-corrected chi connectivity index (χ2v) is 4.84. The number of aliphatic hydroxyl groups is 1. The van der Waals surface area contributed by atoms with Crippen LogP contribution in [0.4, 0.5) is 4.39 Å². The second-order valence-electron chi connectivity index (χ2n) is 4.45. The van der Waals surface area contributed by atoms with Crippen LogP contribution in [0, 0.1) is 5.82 Å². The first-order valence-electron chi connectivity index (χ1n) is 5.39. The highest BCUT2D eigenvalue weighted by molar-refractivity contribution is 6.29. The molecule has 2 rings (SSSR count). The smallest absolute Gasteiger partial charge is 0.137 e. The molecule has 2 aromatic heterocycles. The highest BCUT2D eigenvalue weighted by Crippen LogP contribution is 2.25. The molecule has 0 unspecified atom stereocenters. The standard InChI is InChI=1S/C13H12ClFN2O/c1-13(2,18)11-5-3-4-10(17-11)8-7-16-12(14)6-9(8)15/h3-7,18H,1-2H3. The van der Waals surface area contributed by atoms with E-state index in [-0.39, 0.29) is 10.7 Å². The molecule has 0 aromatic carbocycles. The van der Waals surface area contributed by atoms with Crippen molar-refractivity contribution >= 4 is 11.6 Å². The lowest BCUT2D eigenvalue weighted by molar-refractivity contribution is 0.0740. The molecule has 0 spiro atoms. The lowest BCUT2D eigenvalue weighted by Crippen LogP contribution is -2.17. The van der Waals surface area contributed by atoms with Gasteiger partial charge in [-0.15, -0.1) is 0 Å². The summed E-state index contributed by atoms with van der Waals surface area (Å²) in [7, 11) is 0. The quantitative estimate of drug-likeness (QED) is 0.850. The molecule has 0 aliphatic rings. The van der Waals surface area contributed by atoms with E-state index in [2.05, 4.69) is 9.97 Å². The summed E-state index contributed by atoms with van der Waals surface area (Å²) < 4.78 is 13.7. The number of hydrogen-bond donors (Lipinski definition) is 1. The monoisotopic (exact) mass is 266 g/mol. The highest BCUT2D eigenvalue weighted by atomic mass is 35.5. The van der Waals surface area contributed by atoms with Crippen molar-refractivity contribution in [3.8, 4) is 11.3 Å². The average Bonchev–Trinajstić information content (AvgIpc) is 2.28. The van der Waals surface area contributed by atoms with E-state index in [1.165, 1.54) is 6.20 Å². The minimum absolute atomic E-state index is 0.0925. The van der Waals surface area contributed by atoms with Gasteiger partial charge in [-0.1, -0.05) is 17.7 Å². The van der Waals surface area contributed by atoms with Crippen LogP contribution in [0.25, 0.3) is 11.3 Å². The maximum atomic E-state index is 13.7. The minimum Gasteiger partial charge on any atom is -0.384 e. The summed E-state index contributed by atoms with van der Waals surface area (Å²) in [6, 6.07) is 6.19.